The van der Waals surface area contributed by atoms with Crippen molar-refractivity contribution in [3.05, 3.63) is 35.9 Å². The lowest BCUT2D eigenvalue weighted by Crippen LogP contribution is -2.32. The van der Waals surface area contributed by atoms with Crippen LogP contribution in [0.15, 0.2) is 30.3 Å². The van der Waals surface area contributed by atoms with Gasteiger partial charge in [0.05, 0.1) is 12.5 Å². The zero-order valence-corrected chi connectivity index (χ0v) is 12.5. The minimum absolute atomic E-state index is 0.0136. The van der Waals surface area contributed by atoms with Crippen molar-refractivity contribution >= 4 is 17.8 Å². The molecule has 6 nitrogen and oxygen atoms in total. The van der Waals surface area contributed by atoms with Gasteiger partial charge < -0.3 is 15.4 Å². The van der Waals surface area contributed by atoms with Gasteiger partial charge in [0, 0.05) is 13.0 Å². The topological polar surface area (TPSA) is 84.5 Å². The lowest BCUT2D eigenvalue weighted by atomic mass is 10.0. The van der Waals surface area contributed by atoms with Crippen molar-refractivity contribution < 1.29 is 19.1 Å². The summed E-state index contributed by atoms with van der Waals surface area (Å²) in [5.41, 5.74) is 0.817. The summed E-state index contributed by atoms with van der Waals surface area (Å²) in [6, 6.07) is 8.95. The van der Waals surface area contributed by atoms with E-state index in [1.807, 2.05) is 30.3 Å². The zero-order valence-electron chi connectivity index (χ0n) is 12.5. The lowest BCUT2D eigenvalue weighted by Gasteiger charge is -2.17. The van der Waals surface area contributed by atoms with Crippen molar-refractivity contribution in [1.29, 1.82) is 0 Å². The lowest BCUT2D eigenvalue weighted by molar-refractivity contribution is -0.149. The second-order valence-corrected chi connectivity index (χ2v) is 5.37. The van der Waals surface area contributed by atoms with Crippen LogP contribution in [-0.2, 0) is 19.1 Å². The first-order valence-electron chi connectivity index (χ1n) is 7.31. The molecule has 0 bridgehead atoms. The summed E-state index contributed by atoms with van der Waals surface area (Å²) in [5, 5.41) is 5.46. The summed E-state index contributed by atoms with van der Waals surface area (Å²) in [5.74, 6) is -1.03. The number of hydrogen-bond donors (Lipinski definition) is 2. The van der Waals surface area contributed by atoms with Crippen molar-refractivity contribution in [2.24, 2.45) is 0 Å². The average molecular weight is 304 g/mol. The molecule has 2 N–H and O–H groups in total. The Hall–Kier alpha value is -2.37. The summed E-state index contributed by atoms with van der Waals surface area (Å²) >= 11 is 0. The molecule has 118 valence electrons. The highest BCUT2D eigenvalue weighted by molar-refractivity contribution is 5.81. The summed E-state index contributed by atoms with van der Waals surface area (Å²) in [6.45, 7) is 1.11. The Morgan fingerprint density at radius 3 is 2.50 bits per heavy atom. The maximum absolute atomic E-state index is 11.9. The number of amides is 2. The number of benzene rings is 1. The average Bonchev–Trinajstić information content (AvgIpc) is 3.29. The van der Waals surface area contributed by atoms with E-state index in [-0.39, 0.29) is 30.9 Å². The van der Waals surface area contributed by atoms with Gasteiger partial charge in [-0.05, 0) is 18.4 Å². The predicted molar refractivity (Wildman–Crippen MR) is 79.7 cm³/mol. The van der Waals surface area contributed by atoms with Crippen LogP contribution in [0.2, 0.25) is 0 Å². The van der Waals surface area contributed by atoms with Crippen LogP contribution in [0.25, 0.3) is 0 Å². The first kappa shape index (κ1) is 16.0. The molecule has 0 aromatic heterocycles. The van der Waals surface area contributed by atoms with Crippen LogP contribution in [0.4, 0.5) is 0 Å². The highest BCUT2D eigenvalue weighted by Gasteiger charge is 2.24. The summed E-state index contributed by atoms with van der Waals surface area (Å²) in [7, 11) is 0. The predicted octanol–water partition coefficient (Wildman–Crippen LogP) is 1.08. The molecular formula is C16H20N2O4. The molecule has 1 aliphatic rings. The van der Waals surface area contributed by atoms with E-state index in [0.29, 0.717) is 0 Å². The summed E-state index contributed by atoms with van der Waals surface area (Å²) in [4.78, 5) is 34.6. The Morgan fingerprint density at radius 2 is 1.91 bits per heavy atom. The van der Waals surface area contributed by atoms with Gasteiger partial charge >= 0.3 is 5.97 Å². The molecule has 1 aromatic carbocycles. The molecule has 22 heavy (non-hydrogen) atoms. The quantitative estimate of drug-likeness (QED) is 0.738. The first-order valence-corrected chi connectivity index (χ1v) is 7.31. The molecule has 6 heteroatoms. The van der Waals surface area contributed by atoms with Gasteiger partial charge in [-0.3, -0.25) is 14.4 Å². The number of rotatable bonds is 7. The van der Waals surface area contributed by atoms with Crippen molar-refractivity contribution in [2.45, 2.75) is 38.3 Å². The van der Waals surface area contributed by atoms with Crippen LogP contribution in [0, 0.1) is 0 Å². The highest BCUT2D eigenvalue weighted by atomic mass is 16.5. The van der Waals surface area contributed by atoms with Gasteiger partial charge in [-0.15, -0.1) is 0 Å². The Balaban J connectivity index is 1.84. The number of hydrogen-bond acceptors (Lipinski definition) is 4. The van der Waals surface area contributed by atoms with Crippen molar-refractivity contribution in [3.8, 4) is 0 Å². The second-order valence-electron chi connectivity index (χ2n) is 5.37. The van der Waals surface area contributed by atoms with Crippen LogP contribution in [0.5, 0.6) is 0 Å². The molecule has 1 atom stereocenters. The van der Waals surface area contributed by atoms with E-state index in [4.69, 9.17) is 4.74 Å². The fourth-order valence-electron chi connectivity index (χ4n) is 2.05. The molecule has 1 aromatic rings. The van der Waals surface area contributed by atoms with E-state index in [2.05, 4.69) is 10.6 Å². The molecule has 0 radical (unpaired) electrons. The van der Waals surface area contributed by atoms with Gasteiger partial charge in [0.1, 0.15) is 0 Å². The van der Waals surface area contributed by atoms with E-state index < -0.39 is 12.0 Å². The van der Waals surface area contributed by atoms with Gasteiger partial charge in [0.25, 0.3) is 5.91 Å². The third-order valence-corrected chi connectivity index (χ3v) is 3.26. The molecule has 1 fully saturated rings. The maximum atomic E-state index is 11.9. The SMILES string of the molecule is CC(=O)N[C@@H](CC(=O)OCC(=O)NC1CC1)c1ccccc1. The number of carbonyl (C=O) groups is 3. The fourth-order valence-corrected chi connectivity index (χ4v) is 2.05. The van der Waals surface area contributed by atoms with Crippen LogP contribution in [0.3, 0.4) is 0 Å². The van der Waals surface area contributed by atoms with Crippen molar-refractivity contribution in [1.82, 2.24) is 10.6 Å². The molecule has 0 aliphatic heterocycles. The third kappa shape index (κ3) is 5.55. The molecule has 0 saturated heterocycles. The van der Waals surface area contributed by atoms with E-state index in [9.17, 15) is 14.4 Å². The van der Waals surface area contributed by atoms with Crippen LogP contribution in [-0.4, -0.2) is 30.4 Å². The molecule has 2 rings (SSSR count). The Bertz CT molecular complexity index is 540. The van der Waals surface area contributed by atoms with Crippen LogP contribution < -0.4 is 10.6 Å². The maximum Gasteiger partial charge on any atom is 0.308 e. The van der Waals surface area contributed by atoms with E-state index in [0.717, 1.165) is 18.4 Å². The van der Waals surface area contributed by atoms with Crippen molar-refractivity contribution in [2.75, 3.05) is 6.61 Å². The smallest absolute Gasteiger partial charge is 0.308 e. The molecule has 0 heterocycles. The van der Waals surface area contributed by atoms with Gasteiger partial charge in [-0.1, -0.05) is 30.3 Å². The standard InChI is InChI=1S/C16H20N2O4/c1-11(19)17-14(12-5-3-2-4-6-12)9-16(21)22-10-15(20)18-13-7-8-13/h2-6,13-14H,7-10H2,1H3,(H,17,19)(H,18,20)/t14-/m0/s1. The summed E-state index contributed by atoms with van der Waals surface area (Å²) in [6.07, 6.45) is 1.96. The van der Waals surface area contributed by atoms with E-state index in [1.165, 1.54) is 6.92 Å². The molecule has 2 amide bonds. The first-order chi connectivity index (χ1) is 10.5. The fraction of sp³-hybridized carbons (Fsp3) is 0.438. The van der Waals surface area contributed by atoms with Gasteiger partial charge in [-0.2, -0.15) is 0 Å². The summed E-state index contributed by atoms with van der Waals surface area (Å²) < 4.78 is 4.96. The largest absolute Gasteiger partial charge is 0.456 e. The Labute approximate surface area is 129 Å². The normalized spacial score (nSPS) is 14.8. The highest BCUT2D eigenvalue weighted by Crippen LogP contribution is 2.19. The number of carbonyl (C=O) groups excluding carboxylic acids is 3. The van der Waals surface area contributed by atoms with Crippen LogP contribution >= 0.6 is 0 Å². The monoisotopic (exact) mass is 304 g/mol. The Morgan fingerprint density at radius 1 is 1.23 bits per heavy atom. The molecule has 1 saturated carbocycles. The molecule has 0 spiro atoms. The van der Waals surface area contributed by atoms with Gasteiger partial charge in [-0.25, -0.2) is 0 Å². The number of esters is 1. The van der Waals surface area contributed by atoms with Crippen LogP contribution in [0.1, 0.15) is 37.8 Å². The number of nitrogens with one attached hydrogen (secondary N) is 2. The molecule has 0 unspecified atom stereocenters. The minimum Gasteiger partial charge on any atom is -0.456 e. The van der Waals surface area contributed by atoms with Crippen molar-refractivity contribution in [3.63, 3.8) is 0 Å². The second kappa shape index (κ2) is 7.59. The number of ether oxygens (including phenoxy) is 1. The Kier molecular flexibility index (Phi) is 5.52. The minimum atomic E-state index is -0.520. The third-order valence-electron chi connectivity index (χ3n) is 3.26. The molecule has 1 aliphatic carbocycles. The van der Waals surface area contributed by atoms with E-state index >= 15 is 0 Å². The van der Waals surface area contributed by atoms with Gasteiger partial charge in [0.2, 0.25) is 5.91 Å². The zero-order chi connectivity index (χ0) is 15.9. The van der Waals surface area contributed by atoms with Gasteiger partial charge in [0.15, 0.2) is 6.61 Å². The molecular weight excluding hydrogens is 284 g/mol. The van der Waals surface area contributed by atoms with E-state index in [1.54, 1.807) is 0 Å².